The molecule has 0 fully saturated rings. The standard InChI is InChI=1S/C23H27N3O3/c1-15-7-6-8-20(9-15)26-16(2)10-18(17(26)3)14-24-23(27)25-19-11-21(28-4)13-22(12-19)29-5/h6-13H,14H2,1-5H3,(H2,24,25,27). The van der Waals surface area contributed by atoms with Crippen LogP contribution in [-0.2, 0) is 6.54 Å². The number of rotatable bonds is 6. The van der Waals surface area contributed by atoms with E-state index >= 15 is 0 Å². The summed E-state index contributed by atoms with van der Waals surface area (Å²) in [5.74, 6) is 1.22. The fourth-order valence-corrected chi connectivity index (χ4v) is 3.40. The molecule has 3 rings (SSSR count). The van der Waals surface area contributed by atoms with Gasteiger partial charge in [-0.2, -0.15) is 0 Å². The number of aryl methyl sites for hydroxylation is 2. The fourth-order valence-electron chi connectivity index (χ4n) is 3.40. The first-order chi connectivity index (χ1) is 13.9. The molecule has 0 spiro atoms. The van der Waals surface area contributed by atoms with E-state index in [0.717, 1.165) is 22.6 Å². The van der Waals surface area contributed by atoms with Crippen LogP contribution in [0.5, 0.6) is 11.5 Å². The molecule has 6 nitrogen and oxygen atoms in total. The lowest BCUT2D eigenvalue weighted by Crippen LogP contribution is -2.28. The SMILES string of the molecule is COc1cc(NC(=O)NCc2cc(C)n(-c3cccc(C)c3)c2C)cc(OC)c1. The third-order valence-corrected chi connectivity index (χ3v) is 4.84. The van der Waals surface area contributed by atoms with Crippen molar-refractivity contribution >= 4 is 11.7 Å². The molecule has 0 aliphatic carbocycles. The maximum atomic E-state index is 12.4. The van der Waals surface area contributed by atoms with Crippen molar-refractivity contribution in [1.29, 1.82) is 0 Å². The average Bonchev–Trinajstić information content (AvgIpc) is 2.99. The molecule has 0 radical (unpaired) electrons. The molecule has 0 aliphatic rings. The van der Waals surface area contributed by atoms with E-state index in [1.807, 2.05) is 0 Å². The van der Waals surface area contributed by atoms with Crippen molar-refractivity contribution < 1.29 is 14.3 Å². The summed E-state index contributed by atoms with van der Waals surface area (Å²) in [6, 6.07) is 15.4. The number of aromatic nitrogens is 1. The van der Waals surface area contributed by atoms with Gasteiger partial charge in [-0.15, -0.1) is 0 Å². The van der Waals surface area contributed by atoms with Gasteiger partial charge in [-0.25, -0.2) is 4.79 Å². The van der Waals surface area contributed by atoms with Crippen LogP contribution in [0.25, 0.3) is 5.69 Å². The Morgan fingerprint density at radius 3 is 2.28 bits per heavy atom. The van der Waals surface area contributed by atoms with Crippen LogP contribution in [0.2, 0.25) is 0 Å². The van der Waals surface area contributed by atoms with Crippen LogP contribution in [0.1, 0.15) is 22.5 Å². The van der Waals surface area contributed by atoms with E-state index in [4.69, 9.17) is 9.47 Å². The highest BCUT2D eigenvalue weighted by Crippen LogP contribution is 2.26. The Bertz CT molecular complexity index is 1000. The molecule has 2 amide bonds. The number of nitrogens with one attached hydrogen (secondary N) is 2. The van der Waals surface area contributed by atoms with E-state index in [1.165, 1.54) is 5.56 Å². The summed E-state index contributed by atoms with van der Waals surface area (Å²) in [7, 11) is 3.14. The maximum absolute atomic E-state index is 12.4. The summed E-state index contributed by atoms with van der Waals surface area (Å²) in [4.78, 5) is 12.4. The summed E-state index contributed by atoms with van der Waals surface area (Å²) < 4.78 is 12.7. The molecule has 152 valence electrons. The molecule has 29 heavy (non-hydrogen) atoms. The zero-order valence-corrected chi connectivity index (χ0v) is 17.5. The summed E-state index contributed by atoms with van der Waals surface area (Å²) in [5, 5.41) is 5.75. The van der Waals surface area contributed by atoms with Crippen LogP contribution in [0, 0.1) is 20.8 Å². The van der Waals surface area contributed by atoms with Gasteiger partial charge in [0.25, 0.3) is 0 Å². The van der Waals surface area contributed by atoms with Gasteiger partial charge >= 0.3 is 6.03 Å². The maximum Gasteiger partial charge on any atom is 0.319 e. The normalized spacial score (nSPS) is 10.5. The molecule has 0 unspecified atom stereocenters. The van der Waals surface area contributed by atoms with Crippen LogP contribution >= 0.6 is 0 Å². The molecule has 3 aromatic rings. The van der Waals surface area contributed by atoms with Gasteiger partial charge in [0, 0.05) is 47.5 Å². The van der Waals surface area contributed by atoms with Gasteiger partial charge in [0.2, 0.25) is 0 Å². The van der Waals surface area contributed by atoms with Gasteiger partial charge < -0.3 is 24.7 Å². The number of hydrogen-bond acceptors (Lipinski definition) is 3. The van der Waals surface area contributed by atoms with E-state index < -0.39 is 0 Å². The Kier molecular flexibility index (Phi) is 6.12. The van der Waals surface area contributed by atoms with E-state index in [2.05, 4.69) is 66.3 Å². The number of hydrogen-bond donors (Lipinski definition) is 2. The zero-order chi connectivity index (χ0) is 21.0. The van der Waals surface area contributed by atoms with E-state index in [-0.39, 0.29) is 6.03 Å². The van der Waals surface area contributed by atoms with Crippen molar-refractivity contribution in [3.63, 3.8) is 0 Å². The number of carbonyl (C=O) groups excluding carboxylic acids is 1. The number of ether oxygens (including phenoxy) is 2. The Hall–Kier alpha value is -3.41. The first-order valence-corrected chi connectivity index (χ1v) is 9.44. The Morgan fingerprint density at radius 1 is 0.966 bits per heavy atom. The van der Waals surface area contributed by atoms with Crippen LogP contribution in [0.15, 0.2) is 48.5 Å². The molecule has 0 bridgehead atoms. The van der Waals surface area contributed by atoms with Crippen molar-refractivity contribution in [3.05, 3.63) is 71.0 Å². The minimum absolute atomic E-state index is 0.291. The predicted octanol–water partition coefficient (Wildman–Crippen LogP) is 4.74. The second kappa shape index (κ2) is 8.73. The second-order valence-corrected chi connectivity index (χ2v) is 6.98. The summed E-state index contributed by atoms with van der Waals surface area (Å²) >= 11 is 0. The van der Waals surface area contributed by atoms with Gasteiger partial charge in [-0.1, -0.05) is 12.1 Å². The lowest BCUT2D eigenvalue weighted by atomic mass is 10.2. The quantitative estimate of drug-likeness (QED) is 0.636. The molecule has 2 aromatic carbocycles. The third kappa shape index (κ3) is 4.71. The molecule has 0 saturated carbocycles. The largest absolute Gasteiger partial charge is 0.497 e. The molecule has 1 aromatic heterocycles. The van der Waals surface area contributed by atoms with E-state index in [1.54, 1.807) is 32.4 Å². The number of methoxy groups -OCH3 is 2. The number of amides is 2. The van der Waals surface area contributed by atoms with Crippen molar-refractivity contribution in [2.75, 3.05) is 19.5 Å². The summed E-state index contributed by atoms with van der Waals surface area (Å²) in [6.45, 7) is 6.65. The van der Waals surface area contributed by atoms with Gasteiger partial charge in [0.05, 0.1) is 14.2 Å². The lowest BCUT2D eigenvalue weighted by molar-refractivity contribution is 0.251. The zero-order valence-electron chi connectivity index (χ0n) is 17.5. The molecule has 6 heteroatoms. The monoisotopic (exact) mass is 393 g/mol. The topological polar surface area (TPSA) is 64.5 Å². The van der Waals surface area contributed by atoms with Crippen LogP contribution in [-0.4, -0.2) is 24.8 Å². The van der Waals surface area contributed by atoms with Crippen molar-refractivity contribution in [1.82, 2.24) is 9.88 Å². The molecule has 2 N–H and O–H groups in total. The number of carbonyl (C=O) groups is 1. The minimum Gasteiger partial charge on any atom is -0.497 e. The highest BCUT2D eigenvalue weighted by molar-refractivity contribution is 5.89. The Labute approximate surface area is 171 Å². The number of anilines is 1. The first kappa shape index (κ1) is 20.3. The molecular weight excluding hydrogens is 366 g/mol. The number of benzene rings is 2. The van der Waals surface area contributed by atoms with Crippen molar-refractivity contribution in [2.24, 2.45) is 0 Å². The molecular formula is C23H27N3O3. The molecule has 0 saturated heterocycles. The van der Waals surface area contributed by atoms with E-state index in [0.29, 0.717) is 23.7 Å². The highest BCUT2D eigenvalue weighted by atomic mass is 16.5. The van der Waals surface area contributed by atoms with Crippen LogP contribution in [0.3, 0.4) is 0 Å². The Morgan fingerprint density at radius 2 is 1.66 bits per heavy atom. The van der Waals surface area contributed by atoms with Gasteiger partial charge in [0.15, 0.2) is 0 Å². The lowest BCUT2D eigenvalue weighted by Gasteiger charge is -2.12. The van der Waals surface area contributed by atoms with E-state index in [9.17, 15) is 4.79 Å². The first-order valence-electron chi connectivity index (χ1n) is 9.44. The third-order valence-electron chi connectivity index (χ3n) is 4.84. The van der Waals surface area contributed by atoms with Crippen molar-refractivity contribution in [2.45, 2.75) is 27.3 Å². The van der Waals surface area contributed by atoms with Gasteiger partial charge in [-0.05, 0) is 50.1 Å². The van der Waals surface area contributed by atoms with Gasteiger partial charge in [-0.3, -0.25) is 0 Å². The minimum atomic E-state index is -0.291. The number of nitrogens with zero attached hydrogens (tertiary/aromatic N) is 1. The number of urea groups is 1. The molecule has 1 heterocycles. The van der Waals surface area contributed by atoms with Crippen LogP contribution < -0.4 is 20.1 Å². The summed E-state index contributed by atoms with van der Waals surface area (Å²) in [6.07, 6.45) is 0. The molecule has 0 aliphatic heterocycles. The predicted molar refractivity (Wildman–Crippen MR) is 115 cm³/mol. The van der Waals surface area contributed by atoms with Crippen LogP contribution in [0.4, 0.5) is 10.5 Å². The second-order valence-electron chi connectivity index (χ2n) is 6.98. The Balaban J connectivity index is 1.71. The average molecular weight is 393 g/mol. The van der Waals surface area contributed by atoms with Crippen molar-refractivity contribution in [3.8, 4) is 17.2 Å². The van der Waals surface area contributed by atoms with Gasteiger partial charge in [0.1, 0.15) is 11.5 Å². The molecule has 0 atom stereocenters. The summed E-state index contributed by atoms with van der Waals surface area (Å²) in [5.41, 5.74) is 6.24. The fraction of sp³-hybridized carbons (Fsp3) is 0.261. The highest BCUT2D eigenvalue weighted by Gasteiger charge is 2.12. The smallest absolute Gasteiger partial charge is 0.319 e.